The van der Waals surface area contributed by atoms with Crippen molar-refractivity contribution in [3.63, 3.8) is 0 Å². The molecule has 1 atom stereocenters. The predicted octanol–water partition coefficient (Wildman–Crippen LogP) is 1.01. The first-order chi connectivity index (χ1) is 11.8. The number of hydrogen-bond donors (Lipinski definition) is 1. The Balaban J connectivity index is 1.71. The van der Waals surface area contributed by atoms with Gasteiger partial charge in [0.25, 0.3) is 0 Å². The van der Waals surface area contributed by atoms with Crippen molar-refractivity contribution in [1.82, 2.24) is 24.6 Å². The highest BCUT2D eigenvalue weighted by atomic mass is 19.4. The van der Waals surface area contributed by atoms with Crippen LogP contribution in [0.15, 0.2) is 31.0 Å². The van der Waals surface area contributed by atoms with Crippen molar-refractivity contribution in [2.24, 2.45) is 5.92 Å². The average molecular weight is 354 g/mol. The summed E-state index contributed by atoms with van der Waals surface area (Å²) in [4.78, 5) is 32.6. The number of likely N-dealkylation sites (tertiary alicyclic amines) is 1. The number of carbonyl (C=O) groups excluding carboxylic acids is 2. The number of hydrogen-bond acceptors (Lipinski definition) is 5. The zero-order chi connectivity index (χ0) is 18.0. The van der Waals surface area contributed by atoms with Gasteiger partial charge in [0.1, 0.15) is 19.2 Å². The topological polar surface area (TPSA) is 93.0 Å². The third-order valence-electron chi connectivity index (χ3n) is 3.64. The normalized spacial score (nSPS) is 17.8. The first-order valence-electron chi connectivity index (χ1n) is 7.29. The van der Waals surface area contributed by atoms with E-state index in [4.69, 9.17) is 0 Å². The van der Waals surface area contributed by atoms with E-state index in [2.05, 4.69) is 20.4 Å². The van der Waals surface area contributed by atoms with Gasteiger partial charge < -0.3 is 10.2 Å². The molecular weight excluding hydrogens is 341 g/mol. The van der Waals surface area contributed by atoms with Crippen LogP contribution >= 0.6 is 0 Å². The average Bonchev–Trinajstić information content (AvgIpc) is 3.17. The first-order valence-corrected chi connectivity index (χ1v) is 7.29. The molecule has 25 heavy (non-hydrogen) atoms. The van der Waals surface area contributed by atoms with E-state index in [1.54, 1.807) is 12.1 Å². The van der Waals surface area contributed by atoms with Gasteiger partial charge in [0.2, 0.25) is 11.8 Å². The molecule has 2 aromatic heterocycles. The van der Waals surface area contributed by atoms with Gasteiger partial charge in [-0.05, 0) is 12.1 Å². The molecule has 1 aliphatic rings. The number of nitrogens with zero attached hydrogens (tertiary/aromatic N) is 5. The standard InChI is InChI=1S/C14H13F3N6O2/c15-14(16,17)6-22-5-9(4-11(22)24)13(25)21-10-2-1-3-19-12(10)23-8-18-7-20-23/h1-3,7-9H,4-6H2,(H,21,25). The second-order valence-corrected chi connectivity index (χ2v) is 5.49. The Kier molecular flexibility index (Phi) is 4.38. The van der Waals surface area contributed by atoms with Gasteiger partial charge in [-0.15, -0.1) is 0 Å². The van der Waals surface area contributed by atoms with E-state index in [9.17, 15) is 22.8 Å². The smallest absolute Gasteiger partial charge is 0.333 e. The maximum absolute atomic E-state index is 12.4. The minimum Gasteiger partial charge on any atom is -0.333 e. The maximum atomic E-state index is 12.4. The van der Waals surface area contributed by atoms with E-state index < -0.39 is 30.5 Å². The zero-order valence-corrected chi connectivity index (χ0v) is 12.8. The lowest BCUT2D eigenvalue weighted by atomic mass is 10.1. The minimum absolute atomic E-state index is 0.263. The van der Waals surface area contributed by atoms with Gasteiger partial charge in [0.15, 0.2) is 5.82 Å². The van der Waals surface area contributed by atoms with Gasteiger partial charge in [0.05, 0.1) is 11.6 Å². The van der Waals surface area contributed by atoms with Crippen molar-refractivity contribution < 1.29 is 22.8 Å². The molecule has 0 saturated carbocycles. The molecule has 0 aliphatic carbocycles. The van der Waals surface area contributed by atoms with E-state index >= 15 is 0 Å². The van der Waals surface area contributed by atoms with Crippen molar-refractivity contribution in [2.45, 2.75) is 12.6 Å². The van der Waals surface area contributed by atoms with Crippen LogP contribution in [0.1, 0.15) is 6.42 Å². The van der Waals surface area contributed by atoms with Gasteiger partial charge in [-0.3, -0.25) is 9.59 Å². The van der Waals surface area contributed by atoms with Crippen molar-refractivity contribution in [3.05, 3.63) is 31.0 Å². The number of nitrogens with one attached hydrogen (secondary N) is 1. The second-order valence-electron chi connectivity index (χ2n) is 5.49. The molecule has 3 rings (SSSR count). The van der Waals surface area contributed by atoms with Crippen LogP contribution in [0, 0.1) is 5.92 Å². The van der Waals surface area contributed by atoms with Crippen LogP contribution in [0.4, 0.5) is 18.9 Å². The summed E-state index contributed by atoms with van der Waals surface area (Å²) >= 11 is 0. The predicted molar refractivity (Wildman–Crippen MR) is 78.5 cm³/mol. The molecule has 1 saturated heterocycles. The number of pyridine rings is 1. The Labute approximate surface area is 139 Å². The lowest BCUT2D eigenvalue weighted by Gasteiger charge is -2.18. The van der Waals surface area contributed by atoms with Crippen LogP contribution in [0.5, 0.6) is 0 Å². The Hall–Kier alpha value is -2.98. The highest BCUT2D eigenvalue weighted by Crippen LogP contribution is 2.25. The number of rotatable bonds is 4. The lowest BCUT2D eigenvalue weighted by Crippen LogP contribution is -2.36. The highest BCUT2D eigenvalue weighted by Gasteiger charge is 2.40. The van der Waals surface area contributed by atoms with Gasteiger partial charge in [0, 0.05) is 19.2 Å². The molecule has 3 heterocycles. The van der Waals surface area contributed by atoms with Crippen LogP contribution in [0.3, 0.4) is 0 Å². The third kappa shape index (κ3) is 3.92. The number of carbonyl (C=O) groups is 2. The fraction of sp³-hybridized carbons (Fsp3) is 0.357. The summed E-state index contributed by atoms with van der Waals surface area (Å²) in [6, 6.07) is 3.16. The molecule has 1 fully saturated rings. The number of aromatic nitrogens is 4. The summed E-state index contributed by atoms with van der Waals surface area (Å²) in [5.74, 6) is -1.80. The molecular formula is C14H13F3N6O2. The molecule has 0 bridgehead atoms. The Morgan fingerprint density at radius 2 is 2.20 bits per heavy atom. The molecule has 1 aliphatic heterocycles. The number of halogens is 3. The first kappa shape index (κ1) is 16.9. The molecule has 2 amide bonds. The quantitative estimate of drug-likeness (QED) is 0.885. The van der Waals surface area contributed by atoms with Crippen LogP contribution in [-0.4, -0.2) is 55.7 Å². The van der Waals surface area contributed by atoms with Crippen LogP contribution < -0.4 is 5.32 Å². The molecule has 0 aromatic carbocycles. The number of anilines is 1. The highest BCUT2D eigenvalue weighted by molar-refractivity contribution is 5.98. The summed E-state index contributed by atoms with van der Waals surface area (Å²) in [5, 5.41) is 6.52. The van der Waals surface area contributed by atoms with Gasteiger partial charge in [-0.25, -0.2) is 14.6 Å². The molecule has 0 spiro atoms. The SMILES string of the molecule is O=C(Nc1cccnc1-n1cncn1)C1CC(=O)N(CC(F)(F)F)C1. The largest absolute Gasteiger partial charge is 0.406 e. The monoisotopic (exact) mass is 354 g/mol. The van der Waals surface area contributed by atoms with Gasteiger partial charge >= 0.3 is 6.18 Å². The number of alkyl halides is 3. The van der Waals surface area contributed by atoms with E-state index in [0.29, 0.717) is 16.4 Å². The van der Waals surface area contributed by atoms with Crippen molar-refractivity contribution in [1.29, 1.82) is 0 Å². The summed E-state index contributed by atoms with van der Waals surface area (Å²) in [5.41, 5.74) is 0.319. The fourth-order valence-corrected chi connectivity index (χ4v) is 2.55. The van der Waals surface area contributed by atoms with Crippen molar-refractivity contribution >= 4 is 17.5 Å². The lowest BCUT2D eigenvalue weighted by molar-refractivity contribution is -0.157. The number of amides is 2. The molecule has 132 valence electrons. The van der Waals surface area contributed by atoms with Crippen molar-refractivity contribution in [3.8, 4) is 5.82 Å². The third-order valence-corrected chi connectivity index (χ3v) is 3.64. The van der Waals surface area contributed by atoms with Crippen LogP contribution in [0.2, 0.25) is 0 Å². The second kappa shape index (κ2) is 6.49. The summed E-state index contributed by atoms with van der Waals surface area (Å²) < 4.78 is 38.7. The molecule has 1 unspecified atom stereocenters. The molecule has 0 radical (unpaired) electrons. The van der Waals surface area contributed by atoms with Gasteiger partial charge in [-0.2, -0.15) is 18.3 Å². The van der Waals surface area contributed by atoms with Gasteiger partial charge in [-0.1, -0.05) is 0 Å². The van der Waals surface area contributed by atoms with E-state index in [1.807, 2.05) is 0 Å². The van der Waals surface area contributed by atoms with E-state index in [0.717, 1.165) is 0 Å². The van der Waals surface area contributed by atoms with Crippen LogP contribution in [-0.2, 0) is 9.59 Å². The summed E-state index contributed by atoms with van der Waals surface area (Å²) in [6.45, 7) is -1.63. The molecule has 2 aromatic rings. The van der Waals surface area contributed by atoms with Crippen LogP contribution in [0.25, 0.3) is 5.82 Å². The van der Waals surface area contributed by atoms with E-state index in [1.165, 1.54) is 23.5 Å². The zero-order valence-electron chi connectivity index (χ0n) is 12.8. The summed E-state index contributed by atoms with van der Waals surface area (Å²) in [6.07, 6.45) is -0.574. The van der Waals surface area contributed by atoms with Crippen molar-refractivity contribution in [2.75, 3.05) is 18.4 Å². The Morgan fingerprint density at radius 1 is 1.40 bits per heavy atom. The summed E-state index contributed by atoms with van der Waals surface area (Å²) in [7, 11) is 0. The Bertz CT molecular complexity index is 777. The fourth-order valence-electron chi connectivity index (χ4n) is 2.55. The minimum atomic E-state index is -4.50. The molecule has 11 heteroatoms. The maximum Gasteiger partial charge on any atom is 0.406 e. The molecule has 8 nitrogen and oxygen atoms in total. The molecule has 1 N–H and O–H groups in total. The van der Waals surface area contributed by atoms with E-state index in [-0.39, 0.29) is 13.0 Å². The Morgan fingerprint density at radius 3 is 2.88 bits per heavy atom.